The van der Waals surface area contributed by atoms with Crippen LogP contribution in [0.2, 0.25) is 10.0 Å². The number of rotatable bonds is 8. The summed E-state index contributed by atoms with van der Waals surface area (Å²) in [5, 5.41) is 16.2. The van der Waals surface area contributed by atoms with Crippen LogP contribution in [0.1, 0.15) is 16.7 Å². The first-order valence-corrected chi connectivity index (χ1v) is 9.43. The van der Waals surface area contributed by atoms with Gasteiger partial charge in [-0.15, -0.1) is 0 Å². The predicted molar refractivity (Wildman–Crippen MR) is 115 cm³/mol. The number of hydrazone groups is 1. The van der Waals surface area contributed by atoms with Gasteiger partial charge in [0.2, 0.25) is 0 Å². The Hall–Kier alpha value is -3.09. The van der Waals surface area contributed by atoms with Gasteiger partial charge in [-0.1, -0.05) is 35.3 Å². The van der Waals surface area contributed by atoms with E-state index in [0.717, 1.165) is 11.1 Å². The zero-order valence-corrected chi connectivity index (χ0v) is 16.7. The fourth-order valence-electron chi connectivity index (χ4n) is 2.48. The van der Waals surface area contributed by atoms with Crippen molar-refractivity contribution in [2.75, 3.05) is 0 Å². The van der Waals surface area contributed by atoms with Gasteiger partial charge in [0.1, 0.15) is 12.4 Å². The molecule has 3 aromatic rings. The molecular formula is C21H17Cl2N3O3. The van der Waals surface area contributed by atoms with Gasteiger partial charge in [0.05, 0.1) is 17.7 Å². The fraction of sp³-hybridized carbons (Fsp3) is 0.0952. The van der Waals surface area contributed by atoms with Gasteiger partial charge in [-0.2, -0.15) is 5.10 Å². The molecule has 0 amide bonds. The number of non-ortho nitro benzene ring substituents is 1. The van der Waals surface area contributed by atoms with Crippen molar-refractivity contribution < 1.29 is 9.66 Å². The van der Waals surface area contributed by atoms with Gasteiger partial charge in [-0.3, -0.25) is 10.1 Å². The van der Waals surface area contributed by atoms with E-state index in [1.807, 2.05) is 24.3 Å². The number of hydrogen-bond acceptors (Lipinski definition) is 5. The summed E-state index contributed by atoms with van der Waals surface area (Å²) < 4.78 is 5.84. The molecule has 148 valence electrons. The summed E-state index contributed by atoms with van der Waals surface area (Å²) in [5.41, 5.74) is 5.59. The minimum absolute atomic E-state index is 0.0415. The quantitative estimate of drug-likeness (QED) is 0.287. The van der Waals surface area contributed by atoms with Crippen molar-refractivity contribution >= 4 is 35.1 Å². The molecule has 3 rings (SSSR count). The lowest BCUT2D eigenvalue weighted by atomic mass is 10.2. The topological polar surface area (TPSA) is 76.8 Å². The summed E-state index contributed by atoms with van der Waals surface area (Å²) in [4.78, 5) is 10.3. The van der Waals surface area contributed by atoms with Crippen LogP contribution in [-0.2, 0) is 13.2 Å². The molecule has 0 fully saturated rings. The fourth-order valence-corrected chi connectivity index (χ4v) is 2.79. The Kier molecular flexibility index (Phi) is 7.05. The Balaban J connectivity index is 1.62. The largest absolute Gasteiger partial charge is 0.488 e. The van der Waals surface area contributed by atoms with Crippen molar-refractivity contribution in [3.05, 3.63) is 104 Å². The number of halogens is 2. The molecule has 0 atom stereocenters. The SMILES string of the molecule is O=[N+]([O-])c1ccc(COc2ccc(Cl)cc2/C=N\NCc2ccc(Cl)cc2)cc1. The van der Waals surface area contributed by atoms with Crippen LogP contribution in [0.25, 0.3) is 0 Å². The molecule has 0 heterocycles. The molecule has 0 spiro atoms. The van der Waals surface area contributed by atoms with Crippen LogP contribution in [0.15, 0.2) is 71.8 Å². The van der Waals surface area contributed by atoms with Crippen LogP contribution in [0.4, 0.5) is 5.69 Å². The molecular weight excluding hydrogens is 413 g/mol. The van der Waals surface area contributed by atoms with E-state index in [-0.39, 0.29) is 12.3 Å². The molecule has 0 aliphatic carbocycles. The maximum atomic E-state index is 10.7. The Labute approximate surface area is 177 Å². The minimum Gasteiger partial charge on any atom is -0.488 e. The van der Waals surface area contributed by atoms with Crippen LogP contribution in [0.5, 0.6) is 5.75 Å². The molecule has 0 radical (unpaired) electrons. The summed E-state index contributed by atoms with van der Waals surface area (Å²) in [6.45, 7) is 0.811. The highest BCUT2D eigenvalue weighted by Crippen LogP contribution is 2.23. The third-order valence-corrected chi connectivity index (χ3v) is 4.49. The lowest BCUT2D eigenvalue weighted by molar-refractivity contribution is -0.384. The first-order valence-electron chi connectivity index (χ1n) is 8.67. The van der Waals surface area contributed by atoms with Crippen LogP contribution in [0, 0.1) is 10.1 Å². The van der Waals surface area contributed by atoms with Crippen molar-refractivity contribution in [2.45, 2.75) is 13.2 Å². The molecule has 0 aromatic heterocycles. The maximum absolute atomic E-state index is 10.7. The Morgan fingerprint density at radius 1 is 0.966 bits per heavy atom. The number of nitrogens with one attached hydrogen (secondary N) is 1. The van der Waals surface area contributed by atoms with Crippen LogP contribution < -0.4 is 10.2 Å². The van der Waals surface area contributed by atoms with E-state index in [0.29, 0.717) is 27.9 Å². The zero-order valence-electron chi connectivity index (χ0n) is 15.2. The number of benzene rings is 3. The molecule has 0 saturated carbocycles. The first kappa shape index (κ1) is 20.6. The highest BCUT2D eigenvalue weighted by atomic mass is 35.5. The van der Waals surface area contributed by atoms with Crippen molar-refractivity contribution in [3.63, 3.8) is 0 Å². The van der Waals surface area contributed by atoms with Crippen molar-refractivity contribution in [1.29, 1.82) is 0 Å². The van der Waals surface area contributed by atoms with Gasteiger partial charge in [0.25, 0.3) is 5.69 Å². The van der Waals surface area contributed by atoms with Gasteiger partial charge in [-0.05, 0) is 53.6 Å². The predicted octanol–water partition coefficient (Wildman–Crippen LogP) is 5.60. The Bertz CT molecular complexity index is 1010. The number of nitro groups is 1. The summed E-state index contributed by atoms with van der Waals surface area (Å²) in [6.07, 6.45) is 1.63. The first-order chi connectivity index (χ1) is 14.0. The van der Waals surface area contributed by atoms with Crippen molar-refractivity contribution in [3.8, 4) is 5.75 Å². The average Bonchev–Trinajstić information content (AvgIpc) is 2.72. The van der Waals surface area contributed by atoms with Crippen LogP contribution in [-0.4, -0.2) is 11.1 Å². The van der Waals surface area contributed by atoms with Gasteiger partial charge in [-0.25, -0.2) is 0 Å². The van der Waals surface area contributed by atoms with Crippen molar-refractivity contribution in [2.24, 2.45) is 5.10 Å². The van der Waals surface area contributed by atoms with Gasteiger partial charge in [0, 0.05) is 27.7 Å². The molecule has 3 aromatic carbocycles. The second kappa shape index (κ2) is 9.91. The third-order valence-electron chi connectivity index (χ3n) is 4.00. The molecule has 29 heavy (non-hydrogen) atoms. The highest BCUT2D eigenvalue weighted by Gasteiger charge is 2.06. The van der Waals surface area contributed by atoms with Crippen LogP contribution in [0.3, 0.4) is 0 Å². The molecule has 6 nitrogen and oxygen atoms in total. The Morgan fingerprint density at radius 3 is 2.31 bits per heavy atom. The number of nitrogens with zero attached hydrogens (tertiary/aromatic N) is 2. The van der Waals surface area contributed by atoms with E-state index >= 15 is 0 Å². The molecule has 0 bridgehead atoms. The second-order valence-electron chi connectivity index (χ2n) is 6.11. The minimum atomic E-state index is -0.435. The third kappa shape index (κ3) is 6.20. The van der Waals surface area contributed by atoms with E-state index < -0.39 is 4.92 Å². The zero-order chi connectivity index (χ0) is 20.6. The highest BCUT2D eigenvalue weighted by molar-refractivity contribution is 6.31. The monoisotopic (exact) mass is 429 g/mol. The Morgan fingerprint density at radius 2 is 1.62 bits per heavy atom. The molecule has 0 aliphatic heterocycles. The molecule has 0 saturated heterocycles. The van der Waals surface area contributed by atoms with Gasteiger partial charge >= 0.3 is 0 Å². The number of hydrogen-bond donors (Lipinski definition) is 1. The number of ether oxygens (including phenoxy) is 1. The molecule has 8 heteroatoms. The summed E-state index contributed by atoms with van der Waals surface area (Å²) in [7, 11) is 0. The number of nitro benzene ring substituents is 1. The normalized spacial score (nSPS) is 10.8. The maximum Gasteiger partial charge on any atom is 0.269 e. The molecule has 0 unspecified atom stereocenters. The smallest absolute Gasteiger partial charge is 0.269 e. The second-order valence-corrected chi connectivity index (χ2v) is 6.99. The van der Waals surface area contributed by atoms with Gasteiger partial charge < -0.3 is 10.2 Å². The van der Waals surface area contributed by atoms with E-state index in [1.54, 1.807) is 36.5 Å². The summed E-state index contributed by atoms with van der Waals surface area (Å²) in [5.74, 6) is 0.602. The lowest BCUT2D eigenvalue weighted by Gasteiger charge is -2.10. The lowest BCUT2D eigenvalue weighted by Crippen LogP contribution is -2.06. The van der Waals surface area contributed by atoms with E-state index in [1.165, 1.54) is 12.1 Å². The average molecular weight is 430 g/mol. The van der Waals surface area contributed by atoms with Crippen LogP contribution >= 0.6 is 23.2 Å². The van der Waals surface area contributed by atoms with E-state index in [9.17, 15) is 10.1 Å². The van der Waals surface area contributed by atoms with E-state index in [2.05, 4.69) is 10.5 Å². The summed E-state index contributed by atoms with van der Waals surface area (Å²) in [6, 6.07) is 18.9. The van der Waals surface area contributed by atoms with E-state index in [4.69, 9.17) is 27.9 Å². The molecule has 1 N–H and O–H groups in total. The van der Waals surface area contributed by atoms with Crippen molar-refractivity contribution in [1.82, 2.24) is 5.43 Å². The standard InChI is InChI=1S/C21H17Cl2N3O3/c22-18-5-1-15(2-6-18)12-24-25-13-17-11-19(23)7-10-21(17)29-14-16-3-8-20(9-4-16)26(27)28/h1-11,13,24H,12,14H2/b25-13-. The summed E-state index contributed by atoms with van der Waals surface area (Å²) >= 11 is 12.0. The molecule has 0 aliphatic rings. The van der Waals surface area contributed by atoms with Gasteiger partial charge in [0.15, 0.2) is 0 Å².